The Morgan fingerprint density at radius 2 is 1.85 bits per heavy atom. The first-order valence-electron chi connectivity index (χ1n) is 13.9. The fraction of sp³-hybridized carbons (Fsp3) is 0.406. The molecule has 218 valence electrons. The number of carbonyl (C=O) groups excluding carboxylic acids is 1. The van der Waals surface area contributed by atoms with Gasteiger partial charge in [-0.25, -0.2) is 9.79 Å². The van der Waals surface area contributed by atoms with Crippen LogP contribution < -0.4 is 24.4 Å². The summed E-state index contributed by atoms with van der Waals surface area (Å²) >= 11 is 7.84. The highest BCUT2D eigenvalue weighted by Gasteiger charge is 2.34. The zero-order valence-corrected chi connectivity index (χ0v) is 26.2. The molecule has 0 unspecified atom stereocenters. The third-order valence-corrected chi connectivity index (χ3v) is 7.98. The predicted molar refractivity (Wildman–Crippen MR) is 164 cm³/mol. The lowest BCUT2D eigenvalue weighted by molar-refractivity contribution is -0.139. The zero-order valence-electron chi connectivity index (χ0n) is 24.6. The van der Waals surface area contributed by atoms with Crippen LogP contribution in [0, 0.1) is 0 Å². The van der Waals surface area contributed by atoms with Crippen LogP contribution in [0.4, 0.5) is 0 Å². The second kappa shape index (κ2) is 13.1. The summed E-state index contributed by atoms with van der Waals surface area (Å²) in [5.74, 6) is 0.825. The number of halogens is 1. The Morgan fingerprint density at radius 3 is 2.44 bits per heavy atom. The van der Waals surface area contributed by atoms with Crippen molar-refractivity contribution in [3.63, 3.8) is 0 Å². The molecule has 41 heavy (non-hydrogen) atoms. The van der Waals surface area contributed by atoms with Crippen LogP contribution in [-0.2, 0) is 9.53 Å². The van der Waals surface area contributed by atoms with Crippen molar-refractivity contribution in [1.82, 2.24) is 4.57 Å². The van der Waals surface area contributed by atoms with Gasteiger partial charge in [-0.15, -0.1) is 0 Å². The van der Waals surface area contributed by atoms with Gasteiger partial charge in [-0.2, -0.15) is 0 Å². The lowest BCUT2D eigenvalue weighted by Crippen LogP contribution is -2.40. The van der Waals surface area contributed by atoms with E-state index in [0.29, 0.717) is 55.0 Å². The first-order valence-corrected chi connectivity index (χ1v) is 15.1. The molecule has 2 heterocycles. The molecule has 7 nitrogen and oxygen atoms in total. The molecule has 1 aliphatic heterocycles. The number of benzene rings is 2. The predicted octanol–water partition coefficient (Wildman–Crippen LogP) is 6.15. The van der Waals surface area contributed by atoms with Crippen molar-refractivity contribution in [2.75, 3.05) is 13.7 Å². The molecule has 1 aromatic heterocycles. The minimum absolute atomic E-state index is 0.0866. The number of hydrogen-bond acceptors (Lipinski definition) is 7. The molecule has 0 saturated heterocycles. The molecule has 1 aliphatic rings. The van der Waals surface area contributed by atoms with Crippen molar-refractivity contribution in [2.45, 2.75) is 72.4 Å². The monoisotopic (exact) mass is 596 g/mol. The molecule has 9 heteroatoms. The maximum atomic E-state index is 14.0. The Balaban J connectivity index is 1.95. The van der Waals surface area contributed by atoms with Crippen LogP contribution in [0.2, 0.25) is 5.02 Å². The molecule has 3 aromatic rings. The molecule has 0 spiro atoms. The van der Waals surface area contributed by atoms with Gasteiger partial charge in [0.2, 0.25) is 0 Å². The molecule has 1 atom stereocenters. The second-order valence-corrected chi connectivity index (χ2v) is 11.9. The number of aromatic nitrogens is 1. The summed E-state index contributed by atoms with van der Waals surface area (Å²) < 4.78 is 18.9. The largest absolute Gasteiger partial charge is 0.493 e. The van der Waals surface area contributed by atoms with E-state index in [0.717, 1.165) is 12.0 Å². The number of nitrogens with zero attached hydrogens (tertiary/aromatic N) is 2. The molecular weight excluding hydrogens is 560 g/mol. The van der Waals surface area contributed by atoms with Crippen molar-refractivity contribution in [3.05, 3.63) is 89.1 Å². The van der Waals surface area contributed by atoms with Gasteiger partial charge in [0, 0.05) is 0 Å². The van der Waals surface area contributed by atoms with Crippen LogP contribution >= 0.6 is 22.9 Å². The number of allylic oxidation sites excluding steroid dienone is 1. The summed E-state index contributed by atoms with van der Waals surface area (Å²) in [7, 11) is 1.55. The van der Waals surface area contributed by atoms with Crippen molar-refractivity contribution in [3.8, 4) is 11.5 Å². The van der Waals surface area contributed by atoms with Crippen LogP contribution in [0.5, 0.6) is 11.5 Å². The van der Waals surface area contributed by atoms with Crippen LogP contribution in [-0.4, -0.2) is 30.4 Å². The highest BCUT2D eigenvalue weighted by molar-refractivity contribution is 7.07. The van der Waals surface area contributed by atoms with Gasteiger partial charge in [0.05, 0.1) is 46.7 Å². The molecule has 0 bridgehead atoms. The Morgan fingerprint density at radius 1 is 1.15 bits per heavy atom. The van der Waals surface area contributed by atoms with Gasteiger partial charge in [-0.05, 0) is 68.0 Å². The number of rotatable bonds is 10. The van der Waals surface area contributed by atoms with Gasteiger partial charge in [-0.1, -0.05) is 74.4 Å². The quantitative estimate of drug-likeness (QED) is 0.262. The summed E-state index contributed by atoms with van der Waals surface area (Å²) in [5.41, 5.74) is 3.49. The topological polar surface area (TPSA) is 79.1 Å². The Hall–Kier alpha value is -3.36. The summed E-state index contributed by atoms with van der Waals surface area (Å²) in [6.07, 6.45) is 3.06. The minimum atomic E-state index is -0.657. The zero-order chi connectivity index (χ0) is 29.8. The van der Waals surface area contributed by atoms with E-state index in [4.69, 9.17) is 30.8 Å². The van der Waals surface area contributed by atoms with E-state index in [2.05, 4.69) is 13.8 Å². The van der Waals surface area contributed by atoms with Crippen LogP contribution in [0.25, 0.3) is 6.08 Å². The molecule has 0 fully saturated rings. The highest BCUT2D eigenvalue weighted by atomic mass is 35.5. The van der Waals surface area contributed by atoms with Crippen LogP contribution in [0.3, 0.4) is 0 Å². The Kier molecular flexibility index (Phi) is 9.76. The second-order valence-electron chi connectivity index (χ2n) is 10.4. The van der Waals surface area contributed by atoms with Gasteiger partial charge in [0.25, 0.3) is 5.56 Å². The number of fused-ring (bicyclic) bond motifs is 1. The van der Waals surface area contributed by atoms with Crippen molar-refractivity contribution in [2.24, 2.45) is 4.99 Å². The standard InChI is InChI=1S/C32H37ClN2O5S/c1-8-10-24-27(31(37)39-9-2)28(22-13-11-21(12-14-22)18(3)4)35-30(36)26(41-32(35)34-24)17-20-15-23(33)29(40-19(5)6)25(16-20)38-7/h11-19,28H,8-10H2,1-7H3/b26-17-/t28-/m0/s1. The van der Waals surface area contributed by atoms with E-state index in [1.165, 1.54) is 16.9 Å². The first kappa shape index (κ1) is 30.6. The molecule has 0 N–H and O–H groups in total. The third kappa shape index (κ3) is 6.44. The summed E-state index contributed by atoms with van der Waals surface area (Å²) in [5, 5.41) is 0.384. The smallest absolute Gasteiger partial charge is 0.338 e. The van der Waals surface area contributed by atoms with Crippen molar-refractivity contribution >= 4 is 35.0 Å². The number of carbonyl (C=O) groups is 1. The maximum Gasteiger partial charge on any atom is 0.338 e. The number of methoxy groups -OCH3 is 1. The first-order chi connectivity index (χ1) is 19.6. The van der Waals surface area contributed by atoms with Gasteiger partial charge in [0.15, 0.2) is 16.3 Å². The normalized spacial score (nSPS) is 15.3. The fourth-order valence-corrected chi connectivity index (χ4v) is 6.11. The van der Waals surface area contributed by atoms with E-state index in [9.17, 15) is 9.59 Å². The number of thiazole rings is 1. The van der Waals surface area contributed by atoms with Gasteiger partial charge in [0.1, 0.15) is 0 Å². The summed E-state index contributed by atoms with van der Waals surface area (Å²) in [6.45, 7) is 12.1. The highest BCUT2D eigenvalue weighted by Crippen LogP contribution is 2.37. The summed E-state index contributed by atoms with van der Waals surface area (Å²) in [6, 6.07) is 11.0. The van der Waals surface area contributed by atoms with E-state index < -0.39 is 12.0 Å². The van der Waals surface area contributed by atoms with Crippen LogP contribution in [0.15, 0.2) is 57.5 Å². The van der Waals surface area contributed by atoms with Crippen LogP contribution in [0.1, 0.15) is 83.0 Å². The minimum Gasteiger partial charge on any atom is -0.493 e. The van der Waals surface area contributed by atoms with Crippen molar-refractivity contribution in [1.29, 1.82) is 0 Å². The molecular formula is C32H37ClN2O5S. The lowest BCUT2D eigenvalue weighted by Gasteiger charge is -2.26. The average molecular weight is 597 g/mol. The van der Waals surface area contributed by atoms with E-state index in [1.807, 2.05) is 45.0 Å². The number of ether oxygens (including phenoxy) is 3. The van der Waals surface area contributed by atoms with E-state index in [1.54, 1.807) is 36.8 Å². The fourth-order valence-electron chi connectivity index (χ4n) is 4.82. The molecule has 0 saturated carbocycles. The third-order valence-electron chi connectivity index (χ3n) is 6.71. The van der Waals surface area contributed by atoms with Gasteiger partial charge >= 0.3 is 5.97 Å². The molecule has 0 amide bonds. The molecule has 0 radical (unpaired) electrons. The molecule has 0 aliphatic carbocycles. The number of hydrogen-bond donors (Lipinski definition) is 0. The van der Waals surface area contributed by atoms with Gasteiger partial charge in [-0.3, -0.25) is 9.36 Å². The van der Waals surface area contributed by atoms with E-state index in [-0.39, 0.29) is 18.3 Å². The Labute approximate surface area is 249 Å². The molecule has 4 rings (SSSR count). The Bertz CT molecular complexity index is 1630. The average Bonchev–Trinajstić information content (AvgIpc) is 3.23. The van der Waals surface area contributed by atoms with E-state index >= 15 is 0 Å². The molecule has 2 aromatic carbocycles. The maximum absolute atomic E-state index is 14.0. The van der Waals surface area contributed by atoms with Gasteiger partial charge < -0.3 is 14.2 Å². The lowest BCUT2D eigenvalue weighted by atomic mass is 9.92. The number of esters is 1. The summed E-state index contributed by atoms with van der Waals surface area (Å²) in [4.78, 5) is 32.8. The SMILES string of the molecule is CCCC1=C(C(=O)OCC)[C@H](c2ccc(C(C)C)cc2)n2c(s/c(=C\c3cc(Cl)c(OC(C)C)c(OC)c3)c2=O)=N1. The van der Waals surface area contributed by atoms with Crippen molar-refractivity contribution < 1.29 is 19.0 Å².